The maximum atomic E-state index is 12.1. The van der Waals surface area contributed by atoms with Gasteiger partial charge in [-0.25, -0.2) is 9.97 Å². The molecule has 1 aliphatic rings. The fourth-order valence-corrected chi connectivity index (χ4v) is 4.22. The van der Waals surface area contributed by atoms with E-state index in [0.29, 0.717) is 18.8 Å². The number of ether oxygens (including phenoxy) is 2. The minimum atomic E-state index is -0.126. The summed E-state index contributed by atoms with van der Waals surface area (Å²) in [5.74, 6) is 2.44. The molecule has 0 spiro atoms. The second kappa shape index (κ2) is 9.05. The predicted molar refractivity (Wildman–Crippen MR) is 131 cm³/mol. The molecule has 0 bridgehead atoms. The molecule has 8 nitrogen and oxygen atoms in total. The fourth-order valence-electron chi connectivity index (χ4n) is 4.22. The van der Waals surface area contributed by atoms with Crippen molar-refractivity contribution in [1.82, 2.24) is 20.3 Å². The third-order valence-corrected chi connectivity index (χ3v) is 5.97. The number of fused-ring (bicyclic) bond motifs is 2. The number of hydrogen-bond acceptors (Lipinski definition) is 6. The lowest BCUT2D eigenvalue weighted by molar-refractivity contribution is 0.0963. The van der Waals surface area contributed by atoms with Gasteiger partial charge in [0.25, 0.3) is 5.91 Å². The zero-order valence-corrected chi connectivity index (χ0v) is 19.4. The molecule has 1 aliphatic heterocycles. The number of H-pyrrole nitrogens is 1. The Bertz CT molecular complexity index is 1350. The van der Waals surface area contributed by atoms with Crippen molar-refractivity contribution in [2.45, 2.75) is 19.9 Å². The zero-order valence-electron chi connectivity index (χ0n) is 19.4. The van der Waals surface area contributed by atoms with Crippen molar-refractivity contribution in [1.29, 1.82) is 0 Å². The fraction of sp³-hybridized carbons (Fsp3) is 0.269. The molecule has 0 saturated carbocycles. The van der Waals surface area contributed by atoms with Gasteiger partial charge in [-0.05, 0) is 47.4 Å². The van der Waals surface area contributed by atoms with E-state index >= 15 is 0 Å². The Kier molecular flexibility index (Phi) is 5.79. The Balaban J connectivity index is 1.49. The lowest BCUT2D eigenvalue weighted by Crippen LogP contribution is -2.19. The summed E-state index contributed by atoms with van der Waals surface area (Å²) in [4.78, 5) is 24.4. The number of nitrogens with zero attached hydrogens (tertiary/aromatic N) is 2. The van der Waals surface area contributed by atoms with E-state index in [1.807, 2.05) is 36.4 Å². The van der Waals surface area contributed by atoms with E-state index in [0.717, 1.165) is 45.2 Å². The van der Waals surface area contributed by atoms with Crippen molar-refractivity contribution in [2.75, 3.05) is 25.6 Å². The Labute approximate surface area is 197 Å². The molecule has 3 N–H and O–H groups in total. The van der Waals surface area contributed by atoms with Gasteiger partial charge >= 0.3 is 0 Å². The van der Waals surface area contributed by atoms with Gasteiger partial charge in [0, 0.05) is 18.3 Å². The highest BCUT2D eigenvalue weighted by Crippen LogP contribution is 2.36. The predicted octanol–water partition coefficient (Wildman–Crippen LogP) is 4.56. The Hall–Kier alpha value is -4.07. The van der Waals surface area contributed by atoms with Crippen LogP contribution in [0.3, 0.4) is 0 Å². The van der Waals surface area contributed by atoms with Crippen LogP contribution in [0.2, 0.25) is 0 Å². The summed E-state index contributed by atoms with van der Waals surface area (Å²) < 4.78 is 11.5. The number of anilines is 1. The third kappa shape index (κ3) is 4.14. The van der Waals surface area contributed by atoms with E-state index in [-0.39, 0.29) is 17.9 Å². The standard InChI is InChI=1S/C26H27N5O3/c1-15(2)23(17-7-8-21-22(12-17)34-10-9-33-21)31-25-19-13-20(30-24(19)28-14-29-25)16-5-4-6-18(11-16)26(32)27-3/h4-8,11-15,23H,9-10H2,1-3H3,(H,27,32)(H2,28,29,30,31)/t23-/m1/s1. The van der Waals surface area contributed by atoms with Gasteiger partial charge in [-0.15, -0.1) is 0 Å². The highest BCUT2D eigenvalue weighted by Gasteiger charge is 2.21. The van der Waals surface area contributed by atoms with Crippen LogP contribution in [-0.4, -0.2) is 41.1 Å². The molecule has 8 heteroatoms. The molecule has 0 radical (unpaired) electrons. The number of aromatic nitrogens is 3. The van der Waals surface area contributed by atoms with Crippen LogP contribution < -0.4 is 20.1 Å². The molecule has 4 aromatic rings. The van der Waals surface area contributed by atoms with Crippen LogP contribution in [0.5, 0.6) is 11.5 Å². The summed E-state index contributed by atoms with van der Waals surface area (Å²) in [6.07, 6.45) is 1.55. The van der Waals surface area contributed by atoms with E-state index in [9.17, 15) is 4.79 Å². The van der Waals surface area contributed by atoms with Gasteiger partial charge in [-0.2, -0.15) is 0 Å². The van der Waals surface area contributed by atoms with Crippen molar-refractivity contribution in [3.8, 4) is 22.8 Å². The maximum Gasteiger partial charge on any atom is 0.251 e. The van der Waals surface area contributed by atoms with Crippen LogP contribution in [0.4, 0.5) is 5.82 Å². The number of aromatic amines is 1. The molecular weight excluding hydrogens is 430 g/mol. The molecule has 0 aliphatic carbocycles. The molecule has 1 amide bonds. The minimum Gasteiger partial charge on any atom is -0.486 e. The summed E-state index contributed by atoms with van der Waals surface area (Å²) in [5, 5.41) is 7.16. The minimum absolute atomic E-state index is 0.00357. The van der Waals surface area contributed by atoms with Crippen LogP contribution in [0.15, 0.2) is 54.9 Å². The van der Waals surface area contributed by atoms with Crippen molar-refractivity contribution in [3.63, 3.8) is 0 Å². The number of carbonyl (C=O) groups excluding carboxylic acids is 1. The van der Waals surface area contributed by atoms with Gasteiger partial charge in [0.15, 0.2) is 11.5 Å². The molecule has 2 aromatic heterocycles. The Morgan fingerprint density at radius 2 is 1.85 bits per heavy atom. The lowest BCUT2D eigenvalue weighted by atomic mass is 9.95. The lowest BCUT2D eigenvalue weighted by Gasteiger charge is -2.26. The number of hydrogen-bond donors (Lipinski definition) is 3. The van der Waals surface area contributed by atoms with Gasteiger partial charge in [0.2, 0.25) is 0 Å². The first kappa shape index (κ1) is 21.8. The van der Waals surface area contributed by atoms with Gasteiger partial charge in [-0.3, -0.25) is 4.79 Å². The van der Waals surface area contributed by atoms with Crippen molar-refractivity contribution >= 4 is 22.8 Å². The number of benzene rings is 2. The van der Waals surface area contributed by atoms with Crippen molar-refractivity contribution < 1.29 is 14.3 Å². The molecule has 0 unspecified atom stereocenters. The van der Waals surface area contributed by atoms with Crippen molar-refractivity contribution in [3.05, 3.63) is 66.0 Å². The van der Waals surface area contributed by atoms with Gasteiger partial charge < -0.3 is 25.1 Å². The number of carbonyl (C=O) groups is 1. The van der Waals surface area contributed by atoms with E-state index in [2.05, 4.69) is 45.5 Å². The molecule has 1 atom stereocenters. The monoisotopic (exact) mass is 457 g/mol. The molecule has 5 rings (SSSR count). The topological polar surface area (TPSA) is 101 Å². The average Bonchev–Trinajstić information content (AvgIpc) is 3.31. The Morgan fingerprint density at radius 3 is 2.65 bits per heavy atom. The summed E-state index contributed by atoms with van der Waals surface area (Å²) in [5.41, 5.74) is 4.19. The highest BCUT2D eigenvalue weighted by molar-refractivity contribution is 5.96. The first-order chi connectivity index (χ1) is 16.5. The molecule has 2 aromatic carbocycles. The average molecular weight is 458 g/mol. The molecule has 3 heterocycles. The zero-order chi connectivity index (χ0) is 23.7. The maximum absolute atomic E-state index is 12.1. The van der Waals surface area contributed by atoms with Crippen LogP contribution >= 0.6 is 0 Å². The summed E-state index contributed by atoms with van der Waals surface area (Å²) in [6, 6.07) is 15.6. The van der Waals surface area contributed by atoms with E-state index in [1.165, 1.54) is 0 Å². The van der Waals surface area contributed by atoms with Crippen LogP contribution in [0.1, 0.15) is 35.8 Å². The highest BCUT2D eigenvalue weighted by atomic mass is 16.6. The SMILES string of the molecule is CNC(=O)c1cccc(-c2cc3c(N[C@@H](c4ccc5c(c4)OCCO5)C(C)C)ncnc3[nH]2)c1. The summed E-state index contributed by atoms with van der Waals surface area (Å²) in [6.45, 7) is 5.45. The molecule has 0 saturated heterocycles. The second-order valence-electron chi connectivity index (χ2n) is 8.60. The van der Waals surface area contributed by atoms with Gasteiger partial charge in [0.05, 0.1) is 11.4 Å². The number of nitrogens with one attached hydrogen (secondary N) is 3. The van der Waals surface area contributed by atoms with Crippen LogP contribution in [0, 0.1) is 5.92 Å². The smallest absolute Gasteiger partial charge is 0.251 e. The molecular formula is C26H27N5O3. The van der Waals surface area contributed by atoms with Gasteiger partial charge in [0.1, 0.15) is 31.0 Å². The van der Waals surface area contributed by atoms with E-state index in [1.54, 1.807) is 19.4 Å². The van der Waals surface area contributed by atoms with E-state index in [4.69, 9.17) is 9.47 Å². The first-order valence-corrected chi connectivity index (χ1v) is 11.4. The summed E-state index contributed by atoms with van der Waals surface area (Å²) in [7, 11) is 1.62. The van der Waals surface area contributed by atoms with Crippen LogP contribution in [-0.2, 0) is 0 Å². The van der Waals surface area contributed by atoms with Gasteiger partial charge in [-0.1, -0.05) is 32.0 Å². The molecule has 0 fully saturated rings. The normalized spacial score (nSPS) is 13.6. The van der Waals surface area contributed by atoms with Crippen LogP contribution in [0.25, 0.3) is 22.3 Å². The molecule has 174 valence electrons. The molecule has 34 heavy (non-hydrogen) atoms. The second-order valence-corrected chi connectivity index (χ2v) is 8.60. The van der Waals surface area contributed by atoms with Crippen molar-refractivity contribution in [2.24, 2.45) is 5.92 Å². The van der Waals surface area contributed by atoms with E-state index < -0.39 is 0 Å². The number of rotatable bonds is 6. The first-order valence-electron chi connectivity index (χ1n) is 11.4. The quantitative estimate of drug-likeness (QED) is 0.392. The number of amides is 1. The largest absolute Gasteiger partial charge is 0.486 e. The summed E-state index contributed by atoms with van der Waals surface area (Å²) >= 11 is 0. The Morgan fingerprint density at radius 1 is 1.03 bits per heavy atom. The third-order valence-electron chi connectivity index (χ3n) is 5.97.